The van der Waals surface area contributed by atoms with Crippen LogP contribution in [0.5, 0.6) is 0 Å². The largest absolute Gasteiger partial charge is 0.343 e. The van der Waals surface area contributed by atoms with Crippen LogP contribution < -0.4 is 5.32 Å². The third-order valence-electron chi connectivity index (χ3n) is 5.42. The Morgan fingerprint density at radius 1 is 1.26 bits per heavy atom. The van der Waals surface area contributed by atoms with Crippen molar-refractivity contribution in [3.05, 3.63) is 11.8 Å². The van der Waals surface area contributed by atoms with Gasteiger partial charge in [-0.1, -0.05) is 19.3 Å². The summed E-state index contributed by atoms with van der Waals surface area (Å²) >= 11 is 0. The van der Waals surface area contributed by atoms with E-state index in [0.717, 1.165) is 44.2 Å². The summed E-state index contributed by atoms with van der Waals surface area (Å²) in [7, 11) is 1.85. The fourth-order valence-corrected chi connectivity index (χ4v) is 3.62. The van der Waals surface area contributed by atoms with Gasteiger partial charge in [0.05, 0.1) is 0 Å². The van der Waals surface area contributed by atoms with Gasteiger partial charge in [0.1, 0.15) is 0 Å². The van der Waals surface area contributed by atoms with Crippen molar-refractivity contribution in [2.45, 2.75) is 63.8 Å². The van der Waals surface area contributed by atoms with Crippen LogP contribution in [-0.2, 0) is 9.59 Å². The van der Waals surface area contributed by atoms with Gasteiger partial charge in [0.2, 0.25) is 11.8 Å². The molecule has 0 spiro atoms. The standard InChI is InChI=1S/C17H26N4O2/c1-11(22)21(2)14-8-13(9-14)15-10-16(20-19-15)18-17(23)12-6-4-3-5-7-12/h10,12-14H,3-9H2,1-2H3,(H2,18,19,20,23). The van der Waals surface area contributed by atoms with E-state index in [1.807, 2.05) is 13.1 Å². The predicted molar refractivity (Wildman–Crippen MR) is 88.0 cm³/mol. The van der Waals surface area contributed by atoms with Crippen LogP contribution in [0.1, 0.15) is 63.5 Å². The molecule has 126 valence electrons. The molecule has 0 aliphatic heterocycles. The third-order valence-corrected chi connectivity index (χ3v) is 5.42. The van der Waals surface area contributed by atoms with E-state index in [1.165, 1.54) is 6.42 Å². The Morgan fingerprint density at radius 3 is 2.61 bits per heavy atom. The molecule has 0 atom stereocenters. The average Bonchev–Trinajstić information content (AvgIpc) is 2.94. The second-order valence-electron chi connectivity index (χ2n) is 6.98. The summed E-state index contributed by atoms with van der Waals surface area (Å²) in [6.07, 6.45) is 7.43. The number of aromatic amines is 1. The highest BCUT2D eigenvalue weighted by Gasteiger charge is 2.35. The second kappa shape index (κ2) is 6.72. The number of nitrogens with zero attached hydrogens (tertiary/aromatic N) is 2. The smallest absolute Gasteiger partial charge is 0.228 e. The lowest BCUT2D eigenvalue weighted by molar-refractivity contribution is -0.131. The lowest BCUT2D eigenvalue weighted by atomic mass is 9.77. The summed E-state index contributed by atoms with van der Waals surface area (Å²) in [5.74, 6) is 1.37. The van der Waals surface area contributed by atoms with Crippen molar-refractivity contribution in [3.63, 3.8) is 0 Å². The van der Waals surface area contributed by atoms with Crippen LogP contribution in [0.4, 0.5) is 5.82 Å². The van der Waals surface area contributed by atoms with Gasteiger partial charge in [-0.05, 0) is 25.7 Å². The van der Waals surface area contributed by atoms with Crippen LogP contribution in [0, 0.1) is 5.92 Å². The van der Waals surface area contributed by atoms with Crippen LogP contribution in [0.25, 0.3) is 0 Å². The molecule has 23 heavy (non-hydrogen) atoms. The van der Waals surface area contributed by atoms with Crippen molar-refractivity contribution in [1.29, 1.82) is 0 Å². The lowest BCUT2D eigenvalue weighted by Crippen LogP contribution is -2.43. The number of anilines is 1. The third kappa shape index (κ3) is 3.57. The summed E-state index contributed by atoms with van der Waals surface area (Å²) in [5.41, 5.74) is 1.05. The van der Waals surface area contributed by atoms with Crippen molar-refractivity contribution in [2.75, 3.05) is 12.4 Å². The van der Waals surface area contributed by atoms with E-state index in [4.69, 9.17) is 0 Å². The number of hydrogen-bond donors (Lipinski definition) is 2. The first-order valence-electron chi connectivity index (χ1n) is 8.64. The fraction of sp³-hybridized carbons (Fsp3) is 0.706. The minimum absolute atomic E-state index is 0.102. The molecule has 6 heteroatoms. The molecule has 2 fully saturated rings. The number of hydrogen-bond acceptors (Lipinski definition) is 3. The van der Waals surface area contributed by atoms with Crippen LogP contribution >= 0.6 is 0 Å². The SMILES string of the molecule is CC(=O)N(C)C1CC(c2cc(NC(=O)C3CCCCC3)n[nH]2)C1. The molecule has 0 unspecified atom stereocenters. The first-order valence-corrected chi connectivity index (χ1v) is 8.64. The fourth-order valence-electron chi connectivity index (χ4n) is 3.62. The zero-order valence-corrected chi connectivity index (χ0v) is 14.0. The Kier molecular flexibility index (Phi) is 4.68. The highest BCUT2D eigenvalue weighted by atomic mass is 16.2. The normalized spacial score (nSPS) is 24.8. The molecule has 2 amide bonds. The topological polar surface area (TPSA) is 78.1 Å². The maximum Gasteiger partial charge on any atom is 0.228 e. The van der Waals surface area contributed by atoms with Crippen LogP contribution in [-0.4, -0.2) is 40.0 Å². The Balaban J connectivity index is 1.51. The molecule has 3 rings (SSSR count). The van der Waals surface area contributed by atoms with Crippen LogP contribution in [0.2, 0.25) is 0 Å². The van der Waals surface area contributed by atoms with Crippen LogP contribution in [0.15, 0.2) is 6.07 Å². The summed E-state index contributed by atoms with van der Waals surface area (Å²) in [6.45, 7) is 1.60. The molecule has 0 radical (unpaired) electrons. The van der Waals surface area contributed by atoms with E-state index in [2.05, 4.69) is 15.5 Å². The number of rotatable bonds is 4. The minimum atomic E-state index is 0.102. The minimum Gasteiger partial charge on any atom is -0.343 e. The van der Waals surface area contributed by atoms with Gasteiger partial charge in [-0.25, -0.2) is 0 Å². The van der Waals surface area contributed by atoms with Gasteiger partial charge in [0.15, 0.2) is 5.82 Å². The Hall–Kier alpha value is -1.85. The maximum atomic E-state index is 12.2. The van der Waals surface area contributed by atoms with E-state index in [-0.39, 0.29) is 17.7 Å². The second-order valence-corrected chi connectivity index (χ2v) is 6.98. The number of H-pyrrole nitrogens is 1. The van der Waals surface area contributed by atoms with Gasteiger partial charge in [-0.2, -0.15) is 5.10 Å². The van der Waals surface area contributed by atoms with Crippen LogP contribution in [0.3, 0.4) is 0 Å². The molecule has 2 N–H and O–H groups in total. The number of amides is 2. The van der Waals surface area contributed by atoms with E-state index in [1.54, 1.807) is 11.8 Å². The van der Waals surface area contributed by atoms with Gasteiger partial charge in [-0.15, -0.1) is 0 Å². The number of carbonyl (C=O) groups is 2. The molecule has 2 aliphatic rings. The van der Waals surface area contributed by atoms with Gasteiger partial charge in [0.25, 0.3) is 0 Å². The van der Waals surface area contributed by atoms with Gasteiger partial charge in [0, 0.05) is 43.6 Å². The molecular weight excluding hydrogens is 292 g/mol. The van der Waals surface area contributed by atoms with E-state index >= 15 is 0 Å². The monoisotopic (exact) mass is 318 g/mol. The Bertz CT molecular complexity index is 571. The first-order chi connectivity index (χ1) is 11.0. The molecule has 0 saturated heterocycles. The first kappa shape index (κ1) is 16.0. The molecule has 2 aliphatic carbocycles. The van der Waals surface area contributed by atoms with E-state index in [0.29, 0.717) is 17.8 Å². The highest BCUT2D eigenvalue weighted by Crippen LogP contribution is 2.39. The molecule has 0 aromatic carbocycles. The molecule has 1 aromatic heterocycles. The molecule has 2 saturated carbocycles. The molecule has 0 bridgehead atoms. The Labute approximate surface area is 137 Å². The summed E-state index contributed by atoms with van der Waals surface area (Å²) < 4.78 is 0. The maximum absolute atomic E-state index is 12.2. The summed E-state index contributed by atoms with van der Waals surface area (Å²) in [6, 6.07) is 2.26. The molecule has 6 nitrogen and oxygen atoms in total. The predicted octanol–water partition coefficient (Wildman–Crippen LogP) is 2.65. The lowest BCUT2D eigenvalue weighted by Gasteiger charge is -2.40. The van der Waals surface area contributed by atoms with Crippen molar-refractivity contribution >= 4 is 17.6 Å². The van der Waals surface area contributed by atoms with Gasteiger partial charge in [-0.3, -0.25) is 14.7 Å². The van der Waals surface area contributed by atoms with Crippen molar-refractivity contribution in [1.82, 2.24) is 15.1 Å². The average molecular weight is 318 g/mol. The highest BCUT2D eigenvalue weighted by molar-refractivity contribution is 5.91. The molecular formula is C17H26N4O2. The molecule has 1 heterocycles. The zero-order chi connectivity index (χ0) is 16.4. The molecule has 1 aromatic rings. The Morgan fingerprint density at radius 2 is 1.96 bits per heavy atom. The number of carbonyl (C=O) groups excluding carboxylic acids is 2. The van der Waals surface area contributed by atoms with Gasteiger partial charge < -0.3 is 10.2 Å². The number of aromatic nitrogens is 2. The van der Waals surface area contributed by atoms with Gasteiger partial charge >= 0.3 is 0 Å². The van der Waals surface area contributed by atoms with E-state index in [9.17, 15) is 9.59 Å². The quantitative estimate of drug-likeness (QED) is 0.896. The van der Waals surface area contributed by atoms with Crippen molar-refractivity contribution in [3.8, 4) is 0 Å². The summed E-state index contributed by atoms with van der Waals surface area (Å²) in [5, 5.41) is 10.2. The number of nitrogens with one attached hydrogen (secondary N) is 2. The zero-order valence-electron chi connectivity index (χ0n) is 14.0. The van der Waals surface area contributed by atoms with E-state index < -0.39 is 0 Å². The van der Waals surface area contributed by atoms with Crippen molar-refractivity contribution < 1.29 is 9.59 Å². The summed E-state index contributed by atoms with van der Waals surface area (Å²) in [4.78, 5) is 25.4. The van der Waals surface area contributed by atoms with Crippen molar-refractivity contribution in [2.24, 2.45) is 5.92 Å².